The number of hydrogen-bond acceptors (Lipinski definition) is 5. The SMILES string of the molecule is NCc1cccc(Nc2nc(Cl)nc(Cl)n2)c1. The summed E-state index contributed by atoms with van der Waals surface area (Å²) in [6.45, 7) is 0.467. The fraction of sp³-hybridized carbons (Fsp3) is 0.100. The Morgan fingerprint density at radius 3 is 2.47 bits per heavy atom. The summed E-state index contributed by atoms with van der Waals surface area (Å²) >= 11 is 11.3. The van der Waals surface area contributed by atoms with Crippen LogP contribution in [0.5, 0.6) is 0 Å². The quantitative estimate of drug-likeness (QED) is 0.895. The Balaban J connectivity index is 2.24. The van der Waals surface area contributed by atoms with Crippen molar-refractivity contribution in [1.29, 1.82) is 0 Å². The number of aromatic nitrogens is 3. The zero-order valence-corrected chi connectivity index (χ0v) is 10.2. The van der Waals surface area contributed by atoms with Crippen molar-refractivity contribution in [2.75, 3.05) is 5.32 Å². The Hall–Kier alpha value is -1.43. The van der Waals surface area contributed by atoms with Gasteiger partial charge in [-0.25, -0.2) is 0 Å². The van der Waals surface area contributed by atoms with Crippen molar-refractivity contribution < 1.29 is 0 Å². The number of nitrogens with two attached hydrogens (primary N) is 1. The van der Waals surface area contributed by atoms with Crippen LogP contribution in [0.15, 0.2) is 24.3 Å². The van der Waals surface area contributed by atoms with E-state index in [-0.39, 0.29) is 10.6 Å². The maximum Gasteiger partial charge on any atom is 0.232 e. The lowest BCUT2D eigenvalue weighted by Crippen LogP contribution is -2.01. The van der Waals surface area contributed by atoms with Crippen LogP contribution in [0.25, 0.3) is 0 Å². The summed E-state index contributed by atoms with van der Waals surface area (Å²) in [5, 5.41) is 3.06. The van der Waals surface area contributed by atoms with Gasteiger partial charge in [-0.15, -0.1) is 0 Å². The Labute approximate surface area is 108 Å². The number of hydrogen-bond donors (Lipinski definition) is 2. The maximum absolute atomic E-state index is 5.67. The third kappa shape index (κ3) is 3.26. The predicted octanol–water partition coefficient (Wildman–Crippen LogP) is 2.38. The molecule has 0 saturated heterocycles. The van der Waals surface area contributed by atoms with Gasteiger partial charge in [0.25, 0.3) is 0 Å². The van der Waals surface area contributed by atoms with Crippen LogP contribution < -0.4 is 11.1 Å². The minimum atomic E-state index is 0.0440. The van der Waals surface area contributed by atoms with Crippen LogP contribution in [0.1, 0.15) is 5.56 Å². The summed E-state index contributed by atoms with van der Waals surface area (Å²) < 4.78 is 0. The molecule has 0 aliphatic rings. The van der Waals surface area contributed by atoms with Crippen molar-refractivity contribution in [3.8, 4) is 0 Å². The first-order valence-corrected chi connectivity index (χ1v) is 5.56. The number of nitrogens with one attached hydrogen (secondary N) is 1. The molecule has 7 heteroatoms. The van der Waals surface area contributed by atoms with Crippen LogP contribution >= 0.6 is 23.2 Å². The fourth-order valence-corrected chi connectivity index (χ4v) is 1.65. The standard InChI is InChI=1S/C10H9Cl2N5/c11-8-15-9(12)17-10(16-8)14-7-3-1-2-6(4-7)5-13/h1-4H,5,13H2,(H,14,15,16,17). The average Bonchev–Trinajstić information content (AvgIpc) is 2.28. The van der Waals surface area contributed by atoms with Gasteiger partial charge in [-0.1, -0.05) is 12.1 Å². The van der Waals surface area contributed by atoms with Crippen LogP contribution in [-0.4, -0.2) is 15.0 Å². The summed E-state index contributed by atoms with van der Waals surface area (Å²) in [6.07, 6.45) is 0. The molecule has 17 heavy (non-hydrogen) atoms. The van der Waals surface area contributed by atoms with Crippen LogP contribution in [-0.2, 0) is 6.54 Å². The zero-order valence-electron chi connectivity index (χ0n) is 8.69. The molecule has 2 rings (SSSR count). The lowest BCUT2D eigenvalue weighted by Gasteiger charge is -2.06. The first-order chi connectivity index (χ1) is 8.17. The van der Waals surface area contributed by atoms with E-state index in [0.29, 0.717) is 12.5 Å². The van der Waals surface area contributed by atoms with Gasteiger partial charge in [-0.2, -0.15) is 15.0 Å². The average molecular weight is 270 g/mol. The van der Waals surface area contributed by atoms with Crippen LogP contribution in [0.3, 0.4) is 0 Å². The predicted molar refractivity (Wildman–Crippen MR) is 67.5 cm³/mol. The second kappa shape index (κ2) is 5.27. The number of rotatable bonds is 3. The van der Waals surface area contributed by atoms with Crippen molar-refractivity contribution in [2.45, 2.75) is 6.54 Å². The Bertz CT molecular complexity index is 512. The third-order valence-electron chi connectivity index (χ3n) is 2.00. The fourth-order valence-electron chi connectivity index (χ4n) is 1.29. The van der Waals surface area contributed by atoms with Crippen molar-refractivity contribution in [2.24, 2.45) is 5.73 Å². The maximum atomic E-state index is 5.67. The monoisotopic (exact) mass is 269 g/mol. The number of nitrogens with zero attached hydrogens (tertiary/aromatic N) is 3. The van der Waals surface area contributed by atoms with E-state index < -0.39 is 0 Å². The van der Waals surface area contributed by atoms with Gasteiger partial charge in [0.1, 0.15) is 0 Å². The summed E-state index contributed by atoms with van der Waals surface area (Å²) in [6, 6.07) is 7.57. The molecule has 0 spiro atoms. The van der Waals surface area contributed by atoms with Gasteiger partial charge in [-0.05, 0) is 40.9 Å². The van der Waals surface area contributed by atoms with E-state index in [4.69, 9.17) is 28.9 Å². The molecular weight excluding hydrogens is 261 g/mol. The molecular formula is C10H9Cl2N5. The first kappa shape index (κ1) is 12.0. The van der Waals surface area contributed by atoms with E-state index in [2.05, 4.69) is 20.3 Å². The van der Waals surface area contributed by atoms with E-state index >= 15 is 0 Å². The van der Waals surface area contributed by atoms with Gasteiger partial charge in [0.15, 0.2) is 0 Å². The summed E-state index contributed by atoms with van der Waals surface area (Å²) in [5.74, 6) is 0.296. The molecule has 1 aromatic carbocycles. The molecule has 0 bridgehead atoms. The van der Waals surface area contributed by atoms with Gasteiger partial charge in [0.2, 0.25) is 16.5 Å². The molecule has 2 aromatic rings. The number of halogens is 2. The van der Waals surface area contributed by atoms with Crippen LogP contribution in [0.2, 0.25) is 10.6 Å². The molecule has 0 radical (unpaired) electrons. The van der Waals surface area contributed by atoms with E-state index in [0.717, 1.165) is 11.3 Å². The van der Waals surface area contributed by atoms with Gasteiger partial charge in [0.05, 0.1) is 0 Å². The van der Waals surface area contributed by atoms with Crippen LogP contribution in [0, 0.1) is 0 Å². The molecule has 3 N–H and O–H groups in total. The van der Waals surface area contributed by atoms with Gasteiger partial charge >= 0.3 is 0 Å². The largest absolute Gasteiger partial charge is 0.326 e. The van der Waals surface area contributed by atoms with E-state index in [1.165, 1.54) is 0 Å². The van der Waals surface area contributed by atoms with Gasteiger partial charge < -0.3 is 11.1 Å². The molecule has 0 fully saturated rings. The molecule has 0 aliphatic carbocycles. The van der Waals surface area contributed by atoms with Gasteiger partial charge in [-0.3, -0.25) is 0 Å². The Morgan fingerprint density at radius 2 is 1.82 bits per heavy atom. The van der Waals surface area contributed by atoms with Crippen molar-refractivity contribution in [3.05, 3.63) is 40.4 Å². The van der Waals surface area contributed by atoms with Crippen LogP contribution in [0.4, 0.5) is 11.6 Å². The molecule has 1 aromatic heterocycles. The smallest absolute Gasteiger partial charge is 0.232 e. The topological polar surface area (TPSA) is 76.7 Å². The molecule has 1 heterocycles. The molecule has 0 amide bonds. The van der Waals surface area contributed by atoms with Crippen molar-refractivity contribution in [1.82, 2.24) is 15.0 Å². The Kier molecular flexibility index (Phi) is 3.73. The molecule has 0 atom stereocenters. The lowest BCUT2D eigenvalue weighted by atomic mass is 10.2. The number of benzene rings is 1. The molecule has 0 saturated carbocycles. The highest BCUT2D eigenvalue weighted by atomic mass is 35.5. The van der Waals surface area contributed by atoms with E-state index in [1.807, 2.05) is 24.3 Å². The van der Waals surface area contributed by atoms with Gasteiger partial charge in [0, 0.05) is 12.2 Å². The highest BCUT2D eigenvalue weighted by molar-refractivity contribution is 6.31. The molecule has 5 nitrogen and oxygen atoms in total. The molecule has 0 unspecified atom stereocenters. The van der Waals surface area contributed by atoms with E-state index in [9.17, 15) is 0 Å². The molecule has 88 valence electrons. The van der Waals surface area contributed by atoms with Crippen molar-refractivity contribution >= 4 is 34.8 Å². The zero-order chi connectivity index (χ0) is 12.3. The second-order valence-electron chi connectivity index (χ2n) is 3.23. The molecule has 0 aliphatic heterocycles. The summed E-state index contributed by atoms with van der Waals surface area (Å²) in [7, 11) is 0. The minimum absolute atomic E-state index is 0.0440. The van der Waals surface area contributed by atoms with Crippen molar-refractivity contribution in [3.63, 3.8) is 0 Å². The normalized spacial score (nSPS) is 10.3. The summed E-state index contributed by atoms with van der Waals surface area (Å²) in [4.78, 5) is 11.5. The first-order valence-electron chi connectivity index (χ1n) is 4.80. The minimum Gasteiger partial charge on any atom is -0.326 e. The highest BCUT2D eigenvalue weighted by Crippen LogP contribution is 2.16. The van der Waals surface area contributed by atoms with E-state index in [1.54, 1.807) is 0 Å². The summed E-state index contributed by atoms with van der Waals surface area (Å²) in [5.41, 5.74) is 7.36. The number of anilines is 2. The third-order valence-corrected chi connectivity index (χ3v) is 2.34. The highest BCUT2D eigenvalue weighted by Gasteiger charge is 2.03. The Morgan fingerprint density at radius 1 is 1.12 bits per heavy atom. The second-order valence-corrected chi connectivity index (χ2v) is 3.90. The lowest BCUT2D eigenvalue weighted by molar-refractivity contribution is 1.05.